The molecule has 0 bridgehead atoms. The molecule has 2 nitrogen and oxygen atoms in total. The number of anilines is 3. The molecule has 198 valence electrons. The number of fused-ring (bicyclic) bond motifs is 3. The normalized spacial score (nSPS) is 11.3. The third-order valence-corrected chi connectivity index (χ3v) is 7.94. The fraction of sp³-hybridized carbons (Fsp3) is 0.0769. The van der Waals surface area contributed by atoms with E-state index in [0.717, 1.165) is 17.1 Å². The fourth-order valence-electron chi connectivity index (χ4n) is 5.91. The van der Waals surface area contributed by atoms with Crippen LogP contribution in [0.4, 0.5) is 17.1 Å². The third-order valence-electron chi connectivity index (χ3n) is 7.94. The molecule has 0 atom stereocenters. The number of rotatable bonds is 5. The third kappa shape index (κ3) is 4.58. The molecule has 0 N–H and O–H groups in total. The van der Waals surface area contributed by atoms with Crippen molar-refractivity contribution in [1.29, 1.82) is 0 Å². The van der Waals surface area contributed by atoms with Crippen molar-refractivity contribution < 1.29 is 0 Å². The van der Waals surface area contributed by atoms with Crippen molar-refractivity contribution in [2.75, 3.05) is 4.90 Å². The van der Waals surface area contributed by atoms with Crippen molar-refractivity contribution in [1.82, 2.24) is 4.57 Å². The largest absolute Gasteiger partial charge is 0.310 e. The number of hydrogen-bond acceptors (Lipinski definition) is 1. The lowest BCUT2D eigenvalue weighted by Gasteiger charge is -2.26. The number of hydrogen-bond donors (Lipinski definition) is 0. The average molecular weight is 529 g/mol. The molecule has 0 amide bonds. The van der Waals surface area contributed by atoms with Crippen LogP contribution >= 0.6 is 0 Å². The first-order valence-corrected chi connectivity index (χ1v) is 14.2. The summed E-state index contributed by atoms with van der Waals surface area (Å²) in [7, 11) is 0. The van der Waals surface area contributed by atoms with E-state index in [0.29, 0.717) is 0 Å². The number of benzene rings is 6. The molecular weight excluding hydrogens is 496 g/mol. The van der Waals surface area contributed by atoms with Crippen molar-refractivity contribution >= 4 is 38.9 Å². The van der Waals surface area contributed by atoms with Gasteiger partial charge in [0.25, 0.3) is 0 Å². The van der Waals surface area contributed by atoms with Crippen molar-refractivity contribution in [3.8, 4) is 16.8 Å². The Labute approximate surface area is 241 Å². The minimum Gasteiger partial charge on any atom is -0.310 e. The highest BCUT2D eigenvalue weighted by Crippen LogP contribution is 2.38. The summed E-state index contributed by atoms with van der Waals surface area (Å²) in [5.74, 6) is 0. The van der Waals surface area contributed by atoms with Crippen LogP contribution < -0.4 is 4.90 Å². The van der Waals surface area contributed by atoms with Gasteiger partial charge in [0.05, 0.1) is 11.0 Å². The summed E-state index contributed by atoms with van der Waals surface area (Å²) >= 11 is 0. The standard InChI is InChI=1S/C39H32N2/c1-27-14-19-33(20-15-27)41-38-13-5-4-12-36(38)37-26-31(18-23-39(37)41)30-16-21-32(22-17-30)40(34-10-6-8-28(2)24-34)35-11-7-9-29(3)25-35/h4-26H,1-3H3. The van der Waals surface area contributed by atoms with Crippen LogP contribution in [0.3, 0.4) is 0 Å². The average Bonchev–Trinajstić information content (AvgIpc) is 3.32. The molecule has 41 heavy (non-hydrogen) atoms. The summed E-state index contributed by atoms with van der Waals surface area (Å²) in [4.78, 5) is 2.34. The lowest BCUT2D eigenvalue weighted by atomic mass is 10.0. The van der Waals surface area contributed by atoms with Crippen LogP contribution in [-0.2, 0) is 0 Å². The first kappa shape index (κ1) is 24.9. The van der Waals surface area contributed by atoms with Gasteiger partial charge in [0.15, 0.2) is 0 Å². The zero-order chi connectivity index (χ0) is 27.9. The molecular formula is C39H32N2. The Bertz CT molecular complexity index is 1970. The second kappa shape index (κ2) is 10.1. The van der Waals surface area contributed by atoms with E-state index < -0.39 is 0 Å². The van der Waals surface area contributed by atoms with Gasteiger partial charge in [0, 0.05) is 33.5 Å². The van der Waals surface area contributed by atoms with Crippen LogP contribution in [0.1, 0.15) is 16.7 Å². The van der Waals surface area contributed by atoms with Gasteiger partial charge in [-0.25, -0.2) is 0 Å². The lowest BCUT2D eigenvalue weighted by molar-refractivity contribution is 1.17. The number of aryl methyl sites for hydroxylation is 3. The predicted octanol–water partition coefficient (Wildman–Crippen LogP) is 10.8. The van der Waals surface area contributed by atoms with E-state index in [1.54, 1.807) is 0 Å². The minimum atomic E-state index is 1.14. The maximum atomic E-state index is 2.37. The first-order chi connectivity index (χ1) is 20.0. The molecule has 0 saturated heterocycles. The second-order valence-corrected chi connectivity index (χ2v) is 11.0. The Kier molecular flexibility index (Phi) is 6.17. The molecule has 7 aromatic rings. The maximum absolute atomic E-state index is 2.37. The summed E-state index contributed by atoms with van der Waals surface area (Å²) in [6.45, 7) is 6.42. The quantitative estimate of drug-likeness (QED) is 0.216. The molecule has 0 spiro atoms. The highest BCUT2D eigenvalue weighted by molar-refractivity contribution is 6.10. The Hall–Kier alpha value is -5.08. The van der Waals surface area contributed by atoms with Gasteiger partial charge in [-0.1, -0.05) is 78.4 Å². The molecule has 6 aromatic carbocycles. The Morgan fingerprint density at radius 1 is 0.415 bits per heavy atom. The molecule has 0 saturated carbocycles. The molecule has 0 aliphatic rings. The molecule has 0 fully saturated rings. The lowest BCUT2D eigenvalue weighted by Crippen LogP contribution is -2.10. The summed E-state index contributed by atoms with van der Waals surface area (Å²) < 4.78 is 2.37. The van der Waals surface area contributed by atoms with Crippen LogP contribution in [0, 0.1) is 20.8 Å². The predicted molar refractivity (Wildman–Crippen MR) is 175 cm³/mol. The van der Waals surface area contributed by atoms with E-state index in [4.69, 9.17) is 0 Å². The van der Waals surface area contributed by atoms with Gasteiger partial charge in [-0.15, -0.1) is 0 Å². The van der Waals surface area contributed by atoms with E-state index in [1.807, 2.05) is 0 Å². The molecule has 0 aliphatic carbocycles. The monoisotopic (exact) mass is 528 g/mol. The van der Waals surface area contributed by atoms with Crippen LogP contribution in [0.2, 0.25) is 0 Å². The second-order valence-electron chi connectivity index (χ2n) is 11.0. The summed E-state index contributed by atoms with van der Waals surface area (Å²) in [5.41, 5.74) is 13.3. The zero-order valence-corrected chi connectivity index (χ0v) is 23.7. The topological polar surface area (TPSA) is 8.17 Å². The van der Waals surface area contributed by atoms with Crippen LogP contribution in [-0.4, -0.2) is 4.57 Å². The zero-order valence-electron chi connectivity index (χ0n) is 23.7. The van der Waals surface area contributed by atoms with Crippen molar-refractivity contribution in [3.05, 3.63) is 156 Å². The van der Waals surface area contributed by atoms with Crippen LogP contribution in [0.25, 0.3) is 38.6 Å². The van der Waals surface area contributed by atoms with Gasteiger partial charge < -0.3 is 9.47 Å². The van der Waals surface area contributed by atoms with Crippen molar-refractivity contribution in [2.24, 2.45) is 0 Å². The molecule has 0 unspecified atom stereocenters. The maximum Gasteiger partial charge on any atom is 0.0541 e. The summed E-state index contributed by atoms with van der Waals surface area (Å²) in [6, 6.07) is 50.7. The fourth-order valence-corrected chi connectivity index (χ4v) is 5.91. The van der Waals surface area contributed by atoms with E-state index in [-0.39, 0.29) is 0 Å². The molecule has 1 aromatic heterocycles. The molecule has 0 aliphatic heterocycles. The summed E-state index contributed by atoms with van der Waals surface area (Å²) in [5, 5.41) is 2.54. The SMILES string of the molecule is Cc1ccc(-n2c3ccccc3c3cc(-c4ccc(N(c5cccc(C)c5)c5cccc(C)c5)cc4)ccc32)cc1. The van der Waals surface area contributed by atoms with E-state index in [1.165, 1.54) is 55.3 Å². The molecule has 1 heterocycles. The molecule has 7 rings (SSSR count). The van der Waals surface area contributed by atoms with Crippen LogP contribution in [0.5, 0.6) is 0 Å². The number of para-hydroxylation sites is 1. The Morgan fingerprint density at radius 3 is 1.68 bits per heavy atom. The van der Waals surface area contributed by atoms with Gasteiger partial charge in [0.1, 0.15) is 0 Å². The minimum absolute atomic E-state index is 1.14. The highest BCUT2D eigenvalue weighted by atomic mass is 15.1. The van der Waals surface area contributed by atoms with E-state index in [2.05, 4.69) is 170 Å². The van der Waals surface area contributed by atoms with E-state index >= 15 is 0 Å². The smallest absolute Gasteiger partial charge is 0.0541 e. The van der Waals surface area contributed by atoms with Gasteiger partial charge >= 0.3 is 0 Å². The van der Waals surface area contributed by atoms with E-state index in [9.17, 15) is 0 Å². The van der Waals surface area contributed by atoms with Gasteiger partial charge in [-0.2, -0.15) is 0 Å². The van der Waals surface area contributed by atoms with Gasteiger partial charge in [-0.05, 0) is 110 Å². The van der Waals surface area contributed by atoms with Crippen molar-refractivity contribution in [2.45, 2.75) is 20.8 Å². The van der Waals surface area contributed by atoms with Crippen LogP contribution in [0.15, 0.2) is 140 Å². The Morgan fingerprint density at radius 2 is 1.02 bits per heavy atom. The highest BCUT2D eigenvalue weighted by Gasteiger charge is 2.15. The summed E-state index contributed by atoms with van der Waals surface area (Å²) in [6.07, 6.45) is 0. The van der Waals surface area contributed by atoms with Gasteiger partial charge in [0.2, 0.25) is 0 Å². The van der Waals surface area contributed by atoms with Gasteiger partial charge in [-0.3, -0.25) is 0 Å². The molecule has 2 heteroatoms. The molecule has 0 radical (unpaired) electrons. The van der Waals surface area contributed by atoms with Crippen molar-refractivity contribution in [3.63, 3.8) is 0 Å². The Balaban J connectivity index is 1.32. The number of aromatic nitrogens is 1. The number of nitrogens with zero attached hydrogens (tertiary/aromatic N) is 2. The first-order valence-electron chi connectivity index (χ1n) is 14.2.